The van der Waals surface area contributed by atoms with E-state index in [1.807, 2.05) is 0 Å². The molecule has 1 saturated heterocycles. The van der Waals surface area contributed by atoms with Crippen molar-refractivity contribution in [3.05, 3.63) is 24.3 Å². The lowest BCUT2D eigenvalue weighted by Gasteiger charge is -2.24. The zero-order valence-corrected chi connectivity index (χ0v) is 14.0. The van der Waals surface area contributed by atoms with Gasteiger partial charge in [-0.05, 0) is 50.4 Å². The van der Waals surface area contributed by atoms with Gasteiger partial charge in [0.25, 0.3) is 0 Å². The van der Waals surface area contributed by atoms with E-state index in [1.54, 1.807) is 12.1 Å². The quantitative estimate of drug-likeness (QED) is 0.776. The molecule has 1 heterocycles. The van der Waals surface area contributed by atoms with Crippen LogP contribution in [0.1, 0.15) is 32.1 Å². The highest BCUT2D eigenvalue weighted by atomic mass is 32.2. The van der Waals surface area contributed by atoms with Crippen LogP contribution in [0.3, 0.4) is 0 Å². The summed E-state index contributed by atoms with van der Waals surface area (Å²) in [6, 6.07) is 6.58. The number of carbonyl (C=O) groups is 1. The first-order valence-corrected chi connectivity index (χ1v) is 9.58. The molecule has 2 fully saturated rings. The Hall–Kier alpha value is -1.44. The number of fused-ring (bicyclic) bond motifs is 1. The number of hydrogen-bond donors (Lipinski definition) is 3. The highest BCUT2D eigenvalue weighted by molar-refractivity contribution is 7.89. The van der Waals surface area contributed by atoms with Crippen LogP contribution < -0.4 is 15.4 Å². The van der Waals surface area contributed by atoms with Crippen LogP contribution in [-0.4, -0.2) is 33.5 Å². The summed E-state index contributed by atoms with van der Waals surface area (Å²) >= 11 is 0. The number of anilines is 1. The SMILES string of the molecule is CNS(=O)(=O)c1cccc(NC(=O)C2CC3CCCCC3N2)c1. The van der Waals surface area contributed by atoms with E-state index in [9.17, 15) is 13.2 Å². The molecule has 3 unspecified atom stereocenters. The average molecular weight is 337 g/mol. The Morgan fingerprint density at radius 2 is 2.04 bits per heavy atom. The second kappa shape index (κ2) is 6.59. The van der Waals surface area contributed by atoms with Gasteiger partial charge in [0.15, 0.2) is 0 Å². The normalized spacial score (nSPS) is 27.4. The predicted molar refractivity (Wildman–Crippen MR) is 88.6 cm³/mol. The summed E-state index contributed by atoms with van der Waals surface area (Å²) in [5, 5.41) is 6.26. The summed E-state index contributed by atoms with van der Waals surface area (Å²) in [6.45, 7) is 0. The lowest BCUT2D eigenvalue weighted by atomic mass is 9.85. The van der Waals surface area contributed by atoms with Gasteiger partial charge in [0.05, 0.1) is 10.9 Å². The summed E-state index contributed by atoms with van der Waals surface area (Å²) < 4.78 is 25.9. The van der Waals surface area contributed by atoms with E-state index in [1.165, 1.54) is 38.4 Å². The van der Waals surface area contributed by atoms with Gasteiger partial charge in [-0.3, -0.25) is 4.79 Å². The van der Waals surface area contributed by atoms with Crippen molar-refractivity contribution < 1.29 is 13.2 Å². The Bertz CT molecular complexity index is 676. The van der Waals surface area contributed by atoms with Crippen molar-refractivity contribution in [1.29, 1.82) is 0 Å². The molecule has 1 saturated carbocycles. The third kappa shape index (κ3) is 3.57. The van der Waals surface area contributed by atoms with Crippen molar-refractivity contribution in [3.8, 4) is 0 Å². The highest BCUT2D eigenvalue weighted by Crippen LogP contribution is 2.33. The van der Waals surface area contributed by atoms with E-state index >= 15 is 0 Å². The molecule has 1 aliphatic heterocycles. The molecular formula is C16H23N3O3S. The van der Waals surface area contributed by atoms with Gasteiger partial charge in [-0.2, -0.15) is 0 Å². The molecule has 0 aromatic heterocycles. The molecule has 1 aromatic rings. The molecule has 2 aliphatic rings. The molecule has 0 radical (unpaired) electrons. The molecule has 23 heavy (non-hydrogen) atoms. The molecule has 0 spiro atoms. The fourth-order valence-corrected chi connectivity index (χ4v) is 4.38. The van der Waals surface area contributed by atoms with Crippen molar-refractivity contribution in [1.82, 2.24) is 10.0 Å². The third-order valence-corrected chi connectivity index (χ3v) is 6.27. The first-order valence-electron chi connectivity index (χ1n) is 8.10. The van der Waals surface area contributed by atoms with Gasteiger partial charge in [-0.25, -0.2) is 13.1 Å². The van der Waals surface area contributed by atoms with Crippen molar-refractivity contribution >= 4 is 21.6 Å². The molecular weight excluding hydrogens is 314 g/mol. The van der Waals surface area contributed by atoms with Crippen molar-refractivity contribution in [3.63, 3.8) is 0 Å². The summed E-state index contributed by atoms with van der Waals surface area (Å²) in [6.07, 6.45) is 5.68. The van der Waals surface area contributed by atoms with Crippen LogP contribution in [0.15, 0.2) is 29.2 Å². The van der Waals surface area contributed by atoms with Crippen LogP contribution in [0.2, 0.25) is 0 Å². The van der Waals surface area contributed by atoms with Crippen molar-refractivity contribution in [2.24, 2.45) is 5.92 Å². The minimum Gasteiger partial charge on any atom is -0.325 e. The zero-order valence-electron chi connectivity index (χ0n) is 13.2. The summed E-state index contributed by atoms with van der Waals surface area (Å²) in [7, 11) is -2.14. The van der Waals surface area contributed by atoms with Crippen LogP contribution in [-0.2, 0) is 14.8 Å². The van der Waals surface area contributed by atoms with E-state index in [-0.39, 0.29) is 16.8 Å². The van der Waals surface area contributed by atoms with Crippen LogP contribution >= 0.6 is 0 Å². The number of carbonyl (C=O) groups excluding carboxylic acids is 1. The Kier molecular flexibility index (Phi) is 4.70. The maximum atomic E-state index is 12.4. The maximum absolute atomic E-state index is 12.4. The molecule has 1 aromatic carbocycles. The topological polar surface area (TPSA) is 87.3 Å². The van der Waals surface area contributed by atoms with Gasteiger partial charge in [0.1, 0.15) is 0 Å². The minimum atomic E-state index is -3.51. The Labute approximate surface area is 137 Å². The molecule has 0 bridgehead atoms. The largest absolute Gasteiger partial charge is 0.325 e. The smallest absolute Gasteiger partial charge is 0.241 e. The van der Waals surface area contributed by atoms with Gasteiger partial charge in [-0.1, -0.05) is 18.9 Å². The Morgan fingerprint density at radius 3 is 2.78 bits per heavy atom. The van der Waals surface area contributed by atoms with Gasteiger partial charge in [-0.15, -0.1) is 0 Å². The van der Waals surface area contributed by atoms with Gasteiger partial charge < -0.3 is 10.6 Å². The molecule has 3 N–H and O–H groups in total. The standard InChI is InChI=1S/C16H23N3O3S/c1-17-23(21,22)13-7-4-6-12(10-13)18-16(20)15-9-11-5-2-3-8-14(11)19-15/h4,6-7,10-11,14-15,17,19H,2-3,5,8-9H2,1H3,(H,18,20). The van der Waals surface area contributed by atoms with E-state index < -0.39 is 10.0 Å². The van der Waals surface area contributed by atoms with Crippen LogP contribution in [0.4, 0.5) is 5.69 Å². The van der Waals surface area contributed by atoms with Crippen LogP contribution in [0, 0.1) is 5.92 Å². The van der Waals surface area contributed by atoms with Gasteiger partial charge in [0.2, 0.25) is 15.9 Å². The number of sulfonamides is 1. The summed E-state index contributed by atoms with van der Waals surface area (Å²) in [4.78, 5) is 12.6. The van der Waals surface area contributed by atoms with E-state index in [2.05, 4.69) is 15.4 Å². The van der Waals surface area contributed by atoms with E-state index in [4.69, 9.17) is 0 Å². The lowest BCUT2D eigenvalue weighted by Crippen LogP contribution is -2.39. The summed E-state index contributed by atoms with van der Waals surface area (Å²) in [5.41, 5.74) is 0.503. The number of hydrogen-bond acceptors (Lipinski definition) is 4. The molecule has 3 atom stereocenters. The Balaban J connectivity index is 1.68. The zero-order chi connectivity index (χ0) is 16.4. The molecule has 6 nitrogen and oxygen atoms in total. The second-order valence-corrected chi connectivity index (χ2v) is 8.22. The molecule has 126 valence electrons. The van der Waals surface area contributed by atoms with Crippen molar-refractivity contribution in [2.75, 3.05) is 12.4 Å². The third-order valence-electron chi connectivity index (χ3n) is 4.86. The minimum absolute atomic E-state index is 0.0848. The lowest BCUT2D eigenvalue weighted by molar-refractivity contribution is -0.117. The molecule has 1 amide bonds. The first kappa shape index (κ1) is 16.4. The highest BCUT2D eigenvalue weighted by Gasteiger charge is 2.38. The maximum Gasteiger partial charge on any atom is 0.241 e. The number of nitrogens with one attached hydrogen (secondary N) is 3. The fraction of sp³-hybridized carbons (Fsp3) is 0.562. The van der Waals surface area contributed by atoms with Gasteiger partial charge in [0, 0.05) is 11.7 Å². The second-order valence-electron chi connectivity index (χ2n) is 6.33. The van der Waals surface area contributed by atoms with Gasteiger partial charge >= 0.3 is 0 Å². The van der Waals surface area contributed by atoms with Crippen LogP contribution in [0.25, 0.3) is 0 Å². The van der Waals surface area contributed by atoms with E-state index in [0.717, 1.165) is 12.8 Å². The number of benzene rings is 1. The van der Waals surface area contributed by atoms with E-state index in [0.29, 0.717) is 17.6 Å². The van der Waals surface area contributed by atoms with Crippen molar-refractivity contribution in [2.45, 2.75) is 49.1 Å². The molecule has 1 aliphatic carbocycles. The van der Waals surface area contributed by atoms with Crippen LogP contribution in [0.5, 0.6) is 0 Å². The first-order chi connectivity index (χ1) is 11.0. The fourth-order valence-electron chi connectivity index (χ4n) is 3.61. The summed E-state index contributed by atoms with van der Waals surface area (Å²) in [5.74, 6) is 0.508. The average Bonchev–Trinajstić information content (AvgIpc) is 2.99. The molecule has 7 heteroatoms. The molecule has 3 rings (SSSR count). The monoisotopic (exact) mass is 337 g/mol. The predicted octanol–water partition coefficient (Wildman–Crippen LogP) is 1.45. The number of amides is 1. The number of rotatable bonds is 4. The Morgan fingerprint density at radius 1 is 1.26 bits per heavy atom.